The van der Waals surface area contributed by atoms with Crippen LogP contribution in [0.2, 0.25) is 0 Å². The van der Waals surface area contributed by atoms with E-state index in [0.717, 1.165) is 12.5 Å². The van der Waals surface area contributed by atoms with Gasteiger partial charge in [0.15, 0.2) is 0 Å². The summed E-state index contributed by atoms with van der Waals surface area (Å²) in [6.45, 7) is 8.44. The lowest BCUT2D eigenvalue weighted by Gasteiger charge is -2.30. The van der Waals surface area contributed by atoms with Gasteiger partial charge in [0.1, 0.15) is 0 Å². The summed E-state index contributed by atoms with van der Waals surface area (Å²) < 4.78 is 5.33. The van der Waals surface area contributed by atoms with E-state index in [1.807, 2.05) is 13.8 Å². The van der Waals surface area contributed by atoms with Crippen LogP contribution in [0.5, 0.6) is 0 Å². The molecule has 0 radical (unpaired) electrons. The standard InChI is InChI=1S/C8H17NO.C2H6/c1-3-7-4-5-9-6-8(7)10-2;1-2/h7-9H,3-6H2,1-2H3;1-2H3. The van der Waals surface area contributed by atoms with Crippen molar-refractivity contribution in [3.63, 3.8) is 0 Å². The minimum Gasteiger partial charge on any atom is -0.380 e. The van der Waals surface area contributed by atoms with Gasteiger partial charge in [0.25, 0.3) is 0 Å². The van der Waals surface area contributed by atoms with E-state index < -0.39 is 0 Å². The van der Waals surface area contributed by atoms with E-state index in [1.54, 1.807) is 7.11 Å². The SMILES string of the molecule is CC.CCC1CCNCC1OC. The Morgan fingerprint density at radius 2 is 2.08 bits per heavy atom. The van der Waals surface area contributed by atoms with Gasteiger partial charge >= 0.3 is 0 Å². The molecule has 0 amide bonds. The summed E-state index contributed by atoms with van der Waals surface area (Å²) >= 11 is 0. The van der Waals surface area contributed by atoms with Crippen molar-refractivity contribution in [1.29, 1.82) is 0 Å². The van der Waals surface area contributed by atoms with Crippen molar-refractivity contribution < 1.29 is 4.74 Å². The van der Waals surface area contributed by atoms with Gasteiger partial charge in [0.2, 0.25) is 0 Å². The van der Waals surface area contributed by atoms with Gasteiger partial charge in [-0.25, -0.2) is 0 Å². The molecule has 1 aliphatic rings. The molecule has 12 heavy (non-hydrogen) atoms. The van der Waals surface area contributed by atoms with Gasteiger partial charge in [-0.3, -0.25) is 0 Å². The molecule has 2 heteroatoms. The third-order valence-corrected chi connectivity index (χ3v) is 2.39. The van der Waals surface area contributed by atoms with E-state index in [0.29, 0.717) is 6.10 Å². The Kier molecular flexibility index (Phi) is 7.51. The molecule has 74 valence electrons. The van der Waals surface area contributed by atoms with Crippen molar-refractivity contribution in [2.24, 2.45) is 5.92 Å². The third kappa shape index (κ3) is 3.55. The van der Waals surface area contributed by atoms with Crippen LogP contribution in [0.4, 0.5) is 0 Å². The molecule has 0 aliphatic carbocycles. The summed E-state index contributed by atoms with van der Waals surface area (Å²) in [5.41, 5.74) is 0. The first kappa shape index (κ1) is 11.9. The predicted octanol–water partition coefficient (Wildman–Crippen LogP) is 2.05. The minimum atomic E-state index is 0.457. The van der Waals surface area contributed by atoms with Gasteiger partial charge in [-0.1, -0.05) is 27.2 Å². The quantitative estimate of drug-likeness (QED) is 0.690. The monoisotopic (exact) mass is 173 g/mol. The van der Waals surface area contributed by atoms with Gasteiger partial charge in [-0.05, 0) is 18.9 Å². The van der Waals surface area contributed by atoms with Crippen LogP contribution >= 0.6 is 0 Å². The summed E-state index contributed by atoms with van der Waals surface area (Å²) in [6, 6.07) is 0. The molecule has 1 heterocycles. The van der Waals surface area contributed by atoms with Gasteiger partial charge in [-0.15, -0.1) is 0 Å². The zero-order chi connectivity index (χ0) is 9.40. The van der Waals surface area contributed by atoms with Crippen LogP contribution in [0.15, 0.2) is 0 Å². The van der Waals surface area contributed by atoms with E-state index in [4.69, 9.17) is 4.74 Å². The second-order valence-corrected chi connectivity index (χ2v) is 2.94. The highest BCUT2D eigenvalue weighted by Gasteiger charge is 2.22. The van der Waals surface area contributed by atoms with Crippen molar-refractivity contribution >= 4 is 0 Å². The molecule has 0 saturated carbocycles. The minimum absolute atomic E-state index is 0.457. The summed E-state index contributed by atoms with van der Waals surface area (Å²) in [7, 11) is 1.81. The summed E-state index contributed by atoms with van der Waals surface area (Å²) in [4.78, 5) is 0. The van der Waals surface area contributed by atoms with Crippen LogP contribution in [0.25, 0.3) is 0 Å². The maximum atomic E-state index is 5.33. The molecule has 1 fully saturated rings. The Labute approximate surface area is 76.7 Å². The number of hydrogen-bond donors (Lipinski definition) is 1. The number of hydrogen-bond acceptors (Lipinski definition) is 2. The van der Waals surface area contributed by atoms with Crippen molar-refractivity contribution in [3.05, 3.63) is 0 Å². The Morgan fingerprint density at radius 1 is 1.42 bits per heavy atom. The molecular weight excluding hydrogens is 150 g/mol. The largest absolute Gasteiger partial charge is 0.380 e. The lowest BCUT2D eigenvalue weighted by molar-refractivity contribution is 0.0326. The van der Waals surface area contributed by atoms with Crippen LogP contribution in [0.1, 0.15) is 33.6 Å². The van der Waals surface area contributed by atoms with Crippen molar-refractivity contribution in [2.45, 2.75) is 39.7 Å². The highest BCUT2D eigenvalue weighted by Crippen LogP contribution is 2.17. The number of ether oxygens (including phenoxy) is 1. The Morgan fingerprint density at radius 3 is 2.50 bits per heavy atom. The Balaban J connectivity index is 0.000000561. The van der Waals surface area contributed by atoms with Gasteiger partial charge in [0, 0.05) is 13.7 Å². The maximum Gasteiger partial charge on any atom is 0.0724 e. The molecule has 1 saturated heterocycles. The second kappa shape index (κ2) is 7.56. The maximum absolute atomic E-state index is 5.33. The fourth-order valence-electron chi connectivity index (χ4n) is 1.63. The second-order valence-electron chi connectivity index (χ2n) is 2.94. The zero-order valence-electron chi connectivity index (χ0n) is 8.89. The molecule has 2 atom stereocenters. The smallest absolute Gasteiger partial charge is 0.0724 e. The summed E-state index contributed by atoms with van der Waals surface area (Å²) in [5, 5.41) is 3.33. The molecule has 2 unspecified atom stereocenters. The molecule has 0 spiro atoms. The number of nitrogens with one attached hydrogen (secondary N) is 1. The molecular formula is C10H23NO. The van der Waals surface area contributed by atoms with Crippen LogP contribution in [-0.2, 0) is 4.74 Å². The van der Waals surface area contributed by atoms with E-state index in [9.17, 15) is 0 Å². The topological polar surface area (TPSA) is 21.3 Å². The Hall–Kier alpha value is -0.0800. The van der Waals surface area contributed by atoms with Crippen LogP contribution < -0.4 is 5.32 Å². The van der Waals surface area contributed by atoms with Crippen LogP contribution in [0.3, 0.4) is 0 Å². The molecule has 2 nitrogen and oxygen atoms in total. The molecule has 0 aromatic rings. The fraction of sp³-hybridized carbons (Fsp3) is 1.00. The lowest BCUT2D eigenvalue weighted by Crippen LogP contribution is -2.41. The normalized spacial score (nSPS) is 29.0. The van der Waals surface area contributed by atoms with Crippen molar-refractivity contribution in [1.82, 2.24) is 5.32 Å². The van der Waals surface area contributed by atoms with Crippen LogP contribution in [0, 0.1) is 5.92 Å². The molecule has 0 aromatic carbocycles. The van der Waals surface area contributed by atoms with Crippen LogP contribution in [-0.4, -0.2) is 26.3 Å². The van der Waals surface area contributed by atoms with E-state index in [1.165, 1.54) is 19.4 Å². The fourth-order valence-corrected chi connectivity index (χ4v) is 1.63. The number of methoxy groups -OCH3 is 1. The first-order chi connectivity index (χ1) is 5.88. The average Bonchev–Trinajstić information content (AvgIpc) is 2.20. The zero-order valence-corrected chi connectivity index (χ0v) is 8.89. The first-order valence-electron chi connectivity index (χ1n) is 5.12. The van der Waals surface area contributed by atoms with Gasteiger partial charge < -0.3 is 10.1 Å². The molecule has 1 aliphatic heterocycles. The molecule has 0 aromatic heterocycles. The van der Waals surface area contributed by atoms with E-state index >= 15 is 0 Å². The molecule has 1 N–H and O–H groups in total. The van der Waals surface area contributed by atoms with E-state index in [-0.39, 0.29) is 0 Å². The van der Waals surface area contributed by atoms with Crippen molar-refractivity contribution in [2.75, 3.05) is 20.2 Å². The van der Waals surface area contributed by atoms with E-state index in [2.05, 4.69) is 12.2 Å². The van der Waals surface area contributed by atoms with Gasteiger partial charge in [-0.2, -0.15) is 0 Å². The number of piperidine rings is 1. The highest BCUT2D eigenvalue weighted by molar-refractivity contribution is 4.77. The molecule has 0 bridgehead atoms. The third-order valence-electron chi connectivity index (χ3n) is 2.39. The Bertz CT molecular complexity index is 83.8. The first-order valence-corrected chi connectivity index (χ1v) is 5.12. The summed E-state index contributed by atoms with van der Waals surface area (Å²) in [6.07, 6.45) is 2.98. The number of rotatable bonds is 2. The lowest BCUT2D eigenvalue weighted by atomic mass is 9.93. The van der Waals surface area contributed by atoms with Gasteiger partial charge in [0.05, 0.1) is 6.10 Å². The van der Waals surface area contributed by atoms with Crippen molar-refractivity contribution in [3.8, 4) is 0 Å². The average molecular weight is 173 g/mol. The predicted molar refractivity (Wildman–Crippen MR) is 53.4 cm³/mol. The molecule has 1 rings (SSSR count). The summed E-state index contributed by atoms with van der Waals surface area (Å²) in [5.74, 6) is 0.784. The highest BCUT2D eigenvalue weighted by atomic mass is 16.5.